The number of ether oxygens (including phenoxy) is 1. The van der Waals surface area contributed by atoms with E-state index in [0.717, 1.165) is 11.4 Å². The van der Waals surface area contributed by atoms with Gasteiger partial charge in [-0.3, -0.25) is 4.99 Å². The fourth-order valence-corrected chi connectivity index (χ4v) is 0.949. The number of benzene rings is 1. The molecular formula is C8H9Cl2NO. The van der Waals surface area contributed by atoms with Crippen molar-refractivity contribution in [2.45, 2.75) is 0 Å². The molecule has 2 nitrogen and oxygen atoms in total. The van der Waals surface area contributed by atoms with Crippen LogP contribution in [-0.4, -0.2) is 12.8 Å². The molecular weight excluding hydrogens is 197 g/mol. The Morgan fingerprint density at radius 3 is 2.67 bits per heavy atom. The van der Waals surface area contributed by atoms with Crippen LogP contribution in [0.15, 0.2) is 29.3 Å². The first-order chi connectivity index (χ1) is 4.97. The van der Waals surface area contributed by atoms with Gasteiger partial charge in [0.15, 0.2) is 0 Å². The molecule has 0 bridgehead atoms. The zero-order valence-corrected chi connectivity index (χ0v) is 7.90. The molecule has 1 aliphatic heterocycles. The van der Waals surface area contributed by atoms with Gasteiger partial charge in [-0.1, -0.05) is 12.1 Å². The van der Waals surface area contributed by atoms with Gasteiger partial charge >= 0.3 is 0 Å². The van der Waals surface area contributed by atoms with Crippen molar-refractivity contribution in [3.63, 3.8) is 0 Å². The molecule has 0 spiro atoms. The summed E-state index contributed by atoms with van der Waals surface area (Å²) in [4.78, 5) is 4.14. The fourth-order valence-electron chi connectivity index (χ4n) is 0.949. The third kappa shape index (κ3) is 2.13. The molecule has 0 fully saturated rings. The molecule has 0 unspecified atom stereocenters. The van der Waals surface area contributed by atoms with Crippen molar-refractivity contribution in [3.8, 4) is 5.75 Å². The molecule has 0 aliphatic carbocycles. The van der Waals surface area contributed by atoms with E-state index in [9.17, 15) is 0 Å². The summed E-state index contributed by atoms with van der Waals surface area (Å²) in [5.41, 5.74) is 0.925. The lowest BCUT2D eigenvalue weighted by molar-refractivity contribution is 0.377. The number of hydrogen-bond donors (Lipinski definition) is 0. The molecule has 0 saturated carbocycles. The number of rotatable bonds is 0. The highest BCUT2D eigenvalue weighted by Gasteiger charge is 2.02. The molecule has 0 amide bonds. The van der Waals surface area contributed by atoms with Crippen LogP contribution >= 0.6 is 24.8 Å². The lowest BCUT2D eigenvalue weighted by Crippen LogP contribution is -2.01. The summed E-state index contributed by atoms with van der Waals surface area (Å²) in [6, 6.07) is 7.75. The summed E-state index contributed by atoms with van der Waals surface area (Å²) in [5.74, 6) is 0.880. The maximum Gasteiger partial charge on any atom is 0.145 e. The number of para-hydroxylation sites is 2. The maximum absolute atomic E-state index is 5.27. The van der Waals surface area contributed by atoms with E-state index < -0.39 is 0 Å². The molecule has 1 aromatic rings. The van der Waals surface area contributed by atoms with Crippen LogP contribution in [0.25, 0.3) is 0 Å². The number of aliphatic imine (C=N–C) groups is 1. The van der Waals surface area contributed by atoms with Crippen LogP contribution in [0.1, 0.15) is 0 Å². The average Bonchev–Trinajstić information content (AvgIpc) is 2.05. The molecule has 1 aliphatic rings. The van der Waals surface area contributed by atoms with Crippen LogP contribution in [0.5, 0.6) is 5.75 Å². The maximum atomic E-state index is 5.27. The topological polar surface area (TPSA) is 21.6 Å². The average molecular weight is 206 g/mol. The van der Waals surface area contributed by atoms with Crippen molar-refractivity contribution in [2.24, 2.45) is 4.99 Å². The monoisotopic (exact) mass is 205 g/mol. The Morgan fingerprint density at radius 2 is 1.92 bits per heavy atom. The second-order valence-corrected chi connectivity index (χ2v) is 2.09. The molecule has 0 saturated heterocycles. The van der Waals surface area contributed by atoms with Crippen molar-refractivity contribution in [2.75, 3.05) is 6.61 Å². The summed E-state index contributed by atoms with van der Waals surface area (Å²) in [6.45, 7) is 0.594. The Hall–Kier alpha value is -0.730. The number of fused-ring (bicyclic) bond motifs is 1. The van der Waals surface area contributed by atoms with Gasteiger partial charge in [0, 0.05) is 6.21 Å². The second-order valence-electron chi connectivity index (χ2n) is 2.09. The molecule has 0 N–H and O–H groups in total. The van der Waals surface area contributed by atoms with E-state index in [1.54, 1.807) is 6.21 Å². The predicted molar refractivity (Wildman–Crippen MR) is 54.6 cm³/mol. The molecule has 1 aromatic carbocycles. The lowest BCUT2D eigenvalue weighted by atomic mass is 10.3. The summed E-state index contributed by atoms with van der Waals surface area (Å²) in [7, 11) is 0. The molecule has 0 atom stereocenters. The molecule has 0 radical (unpaired) electrons. The van der Waals surface area contributed by atoms with Crippen LogP contribution in [-0.2, 0) is 0 Å². The van der Waals surface area contributed by atoms with Gasteiger partial charge in [0.05, 0.1) is 0 Å². The van der Waals surface area contributed by atoms with E-state index >= 15 is 0 Å². The zero-order valence-electron chi connectivity index (χ0n) is 6.27. The van der Waals surface area contributed by atoms with E-state index in [2.05, 4.69) is 4.99 Å². The summed E-state index contributed by atoms with van der Waals surface area (Å²) in [6.07, 6.45) is 1.77. The highest BCUT2D eigenvalue weighted by atomic mass is 35.5. The van der Waals surface area contributed by atoms with Gasteiger partial charge in [-0.2, -0.15) is 0 Å². The smallest absolute Gasteiger partial charge is 0.145 e. The van der Waals surface area contributed by atoms with Crippen LogP contribution in [0.2, 0.25) is 0 Å². The van der Waals surface area contributed by atoms with E-state index in [1.807, 2.05) is 24.3 Å². The highest BCUT2D eigenvalue weighted by Crippen LogP contribution is 2.27. The van der Waals surface area contributed by atoms with Gasteiger partial charge < -0.3 is 4.74 Å². The minimum absolute atomic E-state index is 0. The standard InChI is InChI=1S/C8H7NO.2ClH/c1-2-4-8-7(3-1)9-5-6-10-8;;/h1-5H,6H2;2*1H. The third-order valence-electron chi connectivity index (χ3n) is 1.41. The molecule has 2 rings (SSSR count). The van der Waals surface area contributed by atoms with Crippen molar-refractivity contribution in [1.29, 1.82) is 0 Å². The van der Waals surface area contributed by atoms with Gasteiger partial charge in [0.1, 0.15) is 18.0 Å². The minimum Gasteiger partial charge on any atom is -0.486 e. The predicted octanol–water partition coefficient (Wildman–Crippen LogP) is 2.62. The Balaban J connectivity index is 0.000000605. The van der Waals surface area contributed by atoms with Crippen molar-refractivity contribution >= 4 is 36.7 Å². The Labute approximate surface area is 83.5 Å². The normalized spacial score (nSPS) is 11.7. The van der Waals surface area contributed by atoms with Gasteiger partial charge in [-0.15, -0.1) is 24.8 Å². The first-order valence-corrected chi connectivity index (χ1v) is 3.21. The van der Waals surface area contributed by atoms with Crippen LogP contribution in [0.3, 0.4) is 0 Å². The number of halogens is 2. The first-order valence-electron chi connectivity index (χ1n) is 3.21. The number of nitrogens with zero attached hydrogens (tertiary/aromatic N) is 1. The van der Waals surface area contributed by atoms with Crippen LogP contribution < -0.4 is 4.74 Å². The third-order valence-corrected chi connectivity index (χ3v) is 1.41. The van der Waals surface area contributed by atoms with Gasteiger partial charge in [0.25, 0.3) is 0 Å². The summed E-state index contributed by atoms with van der Waals surface area (Å²) in [5, 5.41) is 0. The van der Waals surface area contributed by atoms with Gasteiger partial charge in [-0.25, -0.2) is 0 Å². The minimum atomic E-state index is 0. The van der Waals surface area contributed by atoms with Crippen molar-refractivity contribution in [3.05, 3.63) is 24.3 Å². The van der Waals surface area contributed by atoms with Crippen LogP contribution in [0, 0.1) is 0 Å². The van der Waals surface area contributed by atoms with E-state index in [-0.39, 0.29) is 24.8 Å². The quantitative estimate of drug-likeness (QED) is 0.639. The largest absolute Gasteiger partial charge is 0.486 e. The van der Waals surface area contributed by atoms with Gasteiger partial charge in [-0.05, 0) is 12.1 Å². The van der Waals surface area contributed by atoms with Crippen molar-refractivity contribution in [1.82, 2.24) is 0 Å². The summed E-state index contributed by atoms with van der Waals surface area (Å²) < 4.78 is 5.27. The van der Waals surface area contributed by atoms with E-state index in [4.69, 9.17) is 4.74 Å². The molecule has 66 valence electrons. The Morgan fingerprint density at radius 1 is 1.17 bits per heavy atom. The number of hydrogen-bond acceptors (Lipinski definition) is 2. The molecule has 12 heavy (non-hydrogen) atoms. The zero-order chi connectivity index (χ0) is 6.81. The fraction of sp³-hybridized carbons (Fsp3) is 0.125. The lowest BCUT2D eigenvalue weighted by Gasteiger charge is -2.09. The Kier molecular flexibility index (Phi) is 4.71. The molecule has 0 aromatic heterocycles. The van der Waals surface area contributed by atoms with E-state index in [1.165, 1.54) is 0 Å². The first kappa shape index (κ1) is 11.3. The van der Waals surface area contributed by atoms with Gasteiger partial charge in [0.2, 0.25) is 0 Å². The molecule has 1 heterocycles. The Bertz CT molecular complexity index is 276. The second kappa shape index (κ2) is 5.01. The molecule has 4 heteroatoms. The van der Waals surface area contributed by atoms with Crippen LogP contribution in [0.4, 0.5) is 5.69 Å². The summed E-state index contributed by atoms with van der Waals surface area (Å²) >= 11 is 0. The highest BCUT2D eigenvalue weighted by molar-refractivity contribution is 5.85. The SMILES string of the molecule is C1=Nc2ccccc2OC1.Cl.Cl. The van der Waals surface area contributed by atoms with Crippen molar-refractivity contribution < 1.29 is 4.74 Å². The van der Waals surface area contributed by atoms with E-state index in [0.29, 0.717) is 6.61 Å².